The molecule has 2 bridgehead atoms. The monoisotopic (exact) mass is 456 g/mol. The van der Waals surface area contributed by atoms with Crippen molar-refractivity contribution in [3.05, 3.63) is 29.8 Å². The molecule has 0 aliphatic carbocycles. The van der Waals surface area contributed by atoms with E-state index < -0.39 is 0 Å². The Morgan fingerprint density at radius 2 is 1.73 bits per heavy atom. The van der Waals surface area contributed by atoms with Crippen LogP contribution in [0.3, 0.4) is 0 Å². The molecular formula is C25H36N4O4. The van der Waals surface area contributed by atoms with Gasteiger partial charge < -0.3 is 24.8 Å². The van der Waals surface area contributed by atoms with Crippen molar-refractivity contribution < 1.29 is 19.1 Å². The molecule has 33 heavy (non-hydrogen) atoms. The van der Waals surface area contributed by atoms with Gasteiger partial charge in [-0.05, 0) is 63.6 Å². The van der Waals surface area contributed by atoms with Gasteiger partial charge in [-0.2, -0.15) is 0 Å². The normalized spacial score (nSPS) is 25.5. The zero-order chi connectivity index (χ0) is 23.5. The van der Waals surface area contributed by atoms with Crippen LogP contribution in [-0.4, -0.2) is 78.6 Å². The third-order valence-electron chi connectivity index (χ3n) is 7.52. The van der Waals surface area contributed by atoms with Crippen molar-refractivity contribution in [3.63, 3.8) is 0 Å². The van der Waals surface area contributed by atoms with Crippen LogP contribution in [0.2, 0.25) is 0 Å². The minimum absolute atomic E-state index is 0.00305. The van der Waals surface area contributed by atoms with Crippen molar-refractivity contribution in [1.29, 1.82) is 0 Å². The summed E-state index contributed by atoms with van der Waals surface area (Å²) < 4.78 is 5.29. The van der Waals surface area contributed by atoms with Gasteiger partial charge in [0, 0.05) is 62.5 Å². The quantitative estimate of drug-likeness (QED) is 0.737. The molecule has 3 amide bonds. The number of carbonyl (C=O) groups is 3. The molecule has 2 unspecified atom stereocenters. The summed E-state index contributed by atoms with van der Waals surface area (Å²) in [7, 11) is 1.61. The Balaban J connectivity index is 1.39. The number of nitrogens with zero attached hydrogens (tertiary/aromatic N) is 3. The van der Waals surface area contributed by atoms with E-state index in [0.29, 0.717) is 18.2 Å². The number of piperidine rings is 2. The Morgan fingerprint density at radius 3 is 2.30 bits per heavy atom. The highest BCUT2D eigenvalue weighted by atomic mass is 16.6. The molecule has 8 nitrogen and oxygen atoms in total. The summed E-state index contributed by atoms with van der Waals surface area (Å²) >= 11 is 0. The van der Waals surface area contributed by atoms with E-state index >= 15 is 0 Å². The Labute approximate surface area is 196 Å². The minimum Gasteiger partial charge on any atom is -0.450 e. The Kier molecular flexibility index (Phi) is 7.22. The zero-order valence-corrected chi connectivity index (χ0v) is 20.0. The molecule has 3 fully saturated rings. The molecule has 4 rings (SSSR count). The maximum atomic E-state index is 12.6. The second-order valence-corrected chi connectivity index (χ2v) is 9.40. The largest absolute Gasteiger partial charge is 0.450 e. The lowest BCUT2D eigenvalue weighted by Crippen LogP contribution is -2.55. The number of carbonyl (C=O) groups excluding carboxylic acids is 3. The first kappa shape index (κ1) is 23.5. The second-order valence-electron chi connectivity index (χ2n) is 9.40. The van der Waals surface area contributed by atoms with E-state index in [2.05, 4.69) is 10.2 Å². The number of ether oxygens (including phenoxy) is 1. The van der Waals surface area contributed by atoms with E-state index in [4.69, 9.17) is 4.74 Å². The highest BCUT2D eigenvalue weighted by Gasteiger charge is 2.46. The highest BCUT2D eigenvalue weighted by Crippen LogP contribution is 2.39. The number of anilines is 1. The summed E-state index contributed by atoms with van der Waals surface area (Å²) in [5.41, 5.74) is 1.34. The van der Waals surface area contributed by atoms with Crippen LogP contribution in [0, 0.1) is 0 Å². The van der Waals surface area contributed by atoms with Gasteiger partial charge >= 0.3 is 6.09 Å². The van der Waals surface area contributed by atoms with Crippen LogP contribution in [0.4, 0.5) is 10.5 Å². The van der Waals surface area contributed by atoms with Gasteiger partial charge in [-0.15, -0.1) is 0 Å². The summed E-state index contributed by atoms with van der Waals surface area (Å²) in [6.45, 7) is 5.75. The molecule has 180 valence electrons. The lowest BCUT2D eigenvalue weighted by Gasteiger charge is -2.46. The number of amides is 3. The van der Waals surface area contributed by atoms with Crippen LogP contribution in [-0.2, 0) is 9.53 Å². The summed E-state index contributed by atoms with van der Waals surface area (Å²) in [5, 5.41) is 2.65. The molecule has 3 aliphatic rings. The molecule has 3 saturated heterocycles. The first-order valence-corrected chi connectivity index (χ1v) is 12.2. The topological polar surface area (TPSA) is 82.2 Å². The van der Waals surface area contributed by atoms with E-state index in [9.17, 15) is 14.4 Å². The van der Waals surface area contributed by atoms with E-state index in [1.165, 1.54) is 0 Å². The molecule has 8 heteroatoms. The first-order valence-electron chi connectivity index (χ1n) is 12.2. The van der Waals surface area contributed by atoms with Crippen molar-refractivity contribution in [1.82, 2.24) is 15.1 Å². The van der Waals surface area contributed by atoms with Crippen molar-refractivity contribution in [3.8, 4) is 0 Å². The van der Waals surface area contributed by atoms with E-state index in [0.717, 1.165) is 57.3 Å². The third-order valence-corrected chi connectivity index (χ3v) is 7.52. The van der Waals surface area contributed by atoms with Crippen LogP contribution in [0.25, 0.3) is 0 Å². The molecule has 0 radical (unpaired) electrons. The fraction of sp³-hybridized carbons (Fsp3) is 0.640. The average molecular weight is 457 g/mol. The van der Waals surface area contributed by atoms with Gasteiger partial charge in [0.15, 0.2) is 0 Å². The molecule has 1 N–H and O–H groups in total. The lowest BCUT2D eigenvalue weighted by molar-refractivity contribution is -0.117. The Hall–Kier alpha value is -2.61. The zero-order valence-electron chi connectivity index (χ0n) is 20.0. The van der Waals surface area contributed by atoms with E-state index in [-0.39, 0.29) is 36.0 Å². The number of nitrogens with one attached hydrogen (secondary N) is 1. The third kappa shape index (κ3) is 4.86. The molecule has 0 saturated carbocycles. The van der Waals surface area contributed by atoms with Gasteiger partial charge in [0.2, 0.25) is 5.91 Å². The summed E-state index contributed by atoms with van der Waals surface area (Å²) in [4.78, 5) is 43.4. The minimum atomic E-state index is -0.154. The van der Waals surface area contributed by atoms with Crippen LogP contribution in [0.1, 0.15) is 62.7 Å². The van der Waals surface area contributed by atoms with Gasteiger partial charge in [0.05, 0.1) is 6.61 Å². The molecular weight excluding hydrogens is 420 g/mol. The standard InChI is InChI=1S/C25H36N4O4/c1-4-33-25(32)29-21-8-9-22(29)16-23(15-21)27-12-10-19(11-13-27)28(17(2)30)20-7-5-6-18(14-20)24(31)26-3/h5-7,14,19,21-23H,4,8-13,15-16H2,1-3H3,(H,26,31). The van der Waals surface area contributed by atoms with Crippen molar-refractivity contribution in [2.45, 2.75) is 76.5 Å². The van der Waals surface area contributed by atoms with Crippen LogP contribution >= 0.6 is 0 Å². The SMILES string of the molecule is CCOC(=O)N1C2CCC1CC(N1CCC(N(C(C)=O)c3cccc(C(=O)NC)c3)CC1)C2. The predicted molar refractivity (Wildman–Crippen MR) is 126 cm³/mol. The molecule has 0 spiro atoms. The average Bonchev–Trinajstić information content (AvgIpc) is 3.09. The number of hydrogen-bond donors (Lipinski definition) is 1. The van der Waals surface area contributed by atoms with Gasteiger partial charge in [-0.25, -0.2) is 4.79 Å². The fourth-order valence-electron chi connectivity index (χ4n) is 6.04. The fourth-order valence-corrected chi connectivity index (χ4v) is 6.04. The molecule has 1 aromatic carbocycles. The molecule has 2 atom stereocenters. The summed E-state index contributed by atoms with van der Waals surface area (Å²) in [6, 6.07) is 8.47. The molecule has 1 aromatic rings. The van der Waals surface area contributed by atoms with Gasteiger partial charge in [0.1, 0.15) is 0 Å². The summed E-state index contributed by atoms with van der Waals surface area (Å²) in [6.07, 6.45) is 5.79. The van der Waals surface area contributed by atoms with Crippen LogP contribution in [0.15, 0.2) is 24.3 Å². The van der Waals surface area contributed by atoms with Crippen molar-refractivity contribution >= 4 is 23.6 Å². The van der Waals surface area contributed by atoms with Gasteiger partial charge in [-0.3, -0.25) is 9.59 Å². The summed E-state index contributed by atoms with van der Waals surface area (Å²) in [5.74, 6) is -0.151. The van der Waals surface area contributed by atoms with Crippen LogP contribution in [0.5, 0.6) is 0 Å². The first-order chi connectivity index (χ1) is 15.9. The maximum absolute atomic E-state index is 12.6. The number of benzene rings is 1. The Bertz CT molecular complexity index is 869. The molecule has 0 aromatic heterocycles. The predicted octanol–water partition coefficient (Wildman–Crippen LogP) is 3.02. The molecule has 3 aliphatic heterocycles. The second kappa shape index (κ2) is 10.1. The number of fused-ring (bicyclic) bond motifs is 2. The Morgan fingerprint density at radius 1 is 1.06 bits per heavy atom. The molecule has 3 heterocycles. The number of rotatable bonds is 5. The van der Waals surface area contributed by atoms with Crippen LogP contribution < -0.4 is 10.2 Å². The van der Waals surface area contributed by atoms with Gasteiger partial charge in [-0.1, -0.05) is 6.07 Å². The highest BCUT2D eigenvalue weighted by molar-refractivity contribution is 5.97. The van der Waals surface area contributed by atoms with Crippen molar-refractivity contribution in [2.75, 3.05) is 31.6 Å². The van der Waals surface area contributed by atoms with Crippen molar-refractivity contribution in [2.24, 2.45) is 0 Å². The smallest absolute Gasteiger partial charge is 0.410 e. The van der Waals surface area contributed by atoms with E-state index in [1.54, 1.807) is 26.1 Å². The lowest BCUT2D eigenvalue weighted by atomic mass is 9.93. The van der Waals surface area contributed by atoms with E-state index in [1.807, 2.05) is 28.9 Å². The maximum Gasteiger partial charge on any atom is 0.410 e. The number of likely N-dealkylation sites (tertiary alicyclic amines) is 1. The number of hydrogen-bond acceptors (Lipinski definition) is 5. The van der Waals surface area contributed by atoms with Gasteiger partial charge in [0.25, 0.3) is 5.91 Å².